The number of hydrogen-bond donors (Lipinski definition) is 1. The summed E-state index contributed by atoms with van der Waals surface area (Å²) in [6, 6.07) is 0. The molecular weight excluding hydrogens is 162 g/mol. The van der Waals surface area contributed by atoms with Crippen molar-refractivity contribution in [1.82, 2.24) is 9.97 Å². The number of unbranched alkanes of at least 4 members (excludes halogenated alkanes) is 2. The average molecular weight is 179 g/mol. The summed E-state index contributed by atoms with van der Waals surface area (Å²) in [6.07, 6.45) is 8.21. The molecule has 1 aromatic heterocycles. The Hall–Kier alpha value is -0.960. The van der Waals surface area contributed by atoms with E-state index >= 15 is 0 Å². The number of aryl methyl sites for hydroxylation is 1. The van der Waals surface area contributed by atoms with Crippen molar-refractivity contribution in [3.8, 4) is 0 Å². The Labute approximate surface area is 79.4 Å². The Balaban J connectivity index is 2.54. The van der Waals surface area contributed by atoms with Gasteiger partial charge in [0.15, 0.2) is 0 Å². The fourth-order valence-electron chi connectivity index (χ4n) is 1.34. The molecule has 0 saturated carbocycles. The third-order valence-corrected chi connectivity index (χ3v) is 2.12. The Morgan fingerprint density at radius 1 is 1.38 bits per heavy atom. The molecule has 0 unspecified atom stereocenters. The maximum absolute atomic E-state index is 5.56. The fourth-order valence-corrected chi connectivity index (χ4v) is 1.34. The molecule has 0 atom stereocenters. The van der Waals surface area contributed by atoms with E-state index in [1.807, 2.05) is 6.20 Å². The standard InChI is InChI=1S/C10H17N3/c1-2-3-4-5-9-7-12-8-13-10(9)6-11/h7-8H,2-6,11H2,1H3. The molecule has 0 aliphatic rings. The zero-order valence-electron chi connectivity index (χ0n) is 8.16. The van der Waals surface area contributed by atoms with E-state index < -0.39 is 0 Å². The van der Waals surface area contributed by atoms with Gasteiger partial charge in [-0.15, -0.1) is 0 Å². The minimum Gasteiger partial charge on any atom is -0.325 e. The predicted octanol–water partition coefficient (Wildman–Crippen LogP) is 1.67. The van der Waals surface area contributed by atoms with E-state index in [2.05, 4.69) is 16.9 Å². The van der Waals surface area contributed by atoms with Gasteiger partial charge in [0, 0.05) is 12.7 Å². The summed E-state index contributed by atoms with van der Waals surface area (Å²) < 4.78 is 0. The van der Waals surface area contributed by atoms with Crippen molar-refractivity contribution < 1.29 is 0 Å². The van der Waals surface area contributed by atoms with E-state index in [1.54, 1.807) is 6.33 Å². The topological polar surface area (TPSA) is 51.8 Å². The van der Waals surface area contributed by atoms with Crippen LogP contribution in [0.2, 0.25) is 0 Å². The van der Waals surface area contributed by atoms with Crippen LogP contribution in [0.15, 0.2) is 12.5 Å². The molecule has 0 aliphatic heterocycles. The Bertz CT molecular complexity index is 248. The van der Waals surface area contributed by atoms with Crippen molar-refractivity contribution in [2.75, 3.05) is 0 Å². The summed E-state index contributed by atoms with van der Waals surface area (Å²) in [4.78, 5) is 8.15. The highest BCUT2D eigenvalue weighted by molar-refractivity contribution is 5.15. The van der Waals surface area contributed by atoms with Crippen LogP contribution in [-0.4, -0.2) is 9.97 Å². The molecule has 1 aromatic rings. The molecule has 3 heteroatoms. The van der Waals surface area contributed by atoms with E-state index in [-0.39, 0.29) is 0 Å². The van der Waals surface area contributed by atoms with Crippen LogP contribution in [-0.2, 0) is 13.0 Å². The SMILES string of the molecule is CCCCCc1cncnc1CN. The van der Waals surface area contributed by atoms with Crippen LogP contribution < -0.4 is 5.73 Å². The van der Waals surface area contributed by atoms with Gasteiger partial charge in [-0.05, 0) is 18.4 Å². The number of nitrogens with zero attached hydrogens (tertiary/aromatic N) is 2. The number of aromatic nitrogens is 2. The highest BCUT2D eigenvalue weighted by Gasteiger charge is 2.00. The normalized spacial score (nSPS) is 10.3. The van der Waals surface area contributed by atoms with Crippen LogP contribution in [0.1, 0.15) is 37.4 Å². The molecule has 0 aromatic carbocycles. The molecule has 2 N–H and O–H groups in total. The van der Waals surface area contributed by atoms with Crippen LogP contribution in [0.3, 0.4) is 0 Å². The van der Waals surface area contributed by atoms with Gasteiger partial charge in [-0.2, -0.15) is 0 Å². The number of rotatable bonds is 5. The lowest BCUT2D eigenvalue weighted by Crippen LogP contribution is -2.05. The fraction of sp³-hybridized carbons (Fsp3) is 0.600. The third kappa shape index (κ3) is 3.11. The van der Waals surface area contributed by atoms with E-state index in [0.29, 0.717) is 6.54 Å². The van der Waals surface area contributed by atoms with Crippen molar-refractivity contribution in [3.63, 3.8) is 0 Å². The summed E-state index contributed by atoms with van der Waals surface area (Å²) in [5, 5.41) is 0. The van der Waals surface area contributed by atoms with Crippen molar-refractivity contribution in [1.29, 1.82) is 0 Å². The van der Waals surface area contributed by atoms with Gasteiger partial charge in [0.25, 0.3) is 0 Å². The molecule has 13 heavy (non-hydrogen) atoms. The van der Waals surface area contributed by atoms with Crippen molar-refractivity contribution in [2.45, 2.75) is 39.2 Å². The molecule has 0 aliphatic carbocycles. The lowest BCUT2D eigenvalue weighted by atomic mass is 10.1. The second kappa shape index (κ2) is 5.65. The van der Waals surface area contributed by atoms with Gasteiger partial charge >= 0.3 is 0 Å². The summed E-state index contributed by atoms with van der Waals surface area (Å²) in [5.41, 5.74) is 7.76. The Kier molecular flexibility index (Phi) is 4.40. The van der Waals surface area contributed by atoms with E-state index in [9.17, 15) is 0 Å². The lowest BCUT2D eigenvalue weighted by Gasteiger charge is -2.04. The maximum Gasteiger partial charge on any atom is 0.115 e. The van der Waals surface area contributed by atoms with Crippen molar-refractivity contribution >= 4 is 0 Å². The molecule has 0 bridgehead atoms. The van der Waals surface area contributed by atoms with Crippen molar-refractivity contribution in [2.24, 2.45) is 5.73 Å². The lowest BCUT2D eigenvalue weighted by molar-refractivity contribution is 0.706. The summed E-state index contributed by atoms with van der Waals surface area (Å²) in [5.74, 6) is 0. The number of hydrogen-bond acceptors (Lipinski definition) is 3. The van der Waals surface area contributed by atoms with Crippen LogP contribution in [0.5, 0.6) is 0 Å². The quantitative estimate of drug-likeness (QED) is 0.699. The first-order chi connectivity index (χ1) is 6.38. The first-order valence-electron chi connectivity index (χ1n) is 4.86. The molecule has 72 valence electrons. The van der Waals surface area contributed by atoms with Gasteiger partial charge in [-0.25, -0.2) is 9.97 Å². The molecule has 1 heterocycles. The summed E-state index contributed by atoms with van der Waals surface area (Å²) in [7, 11) is 0. The average Bonchev–Trinajstić information content (AvgIpc) is 2.19. The molecule has 0 fully saturated rings. The minimum atomic E-state index is 0.518. The molecule has 1 rings (SSSR count). The van der Waals surface area contributed by atoms with Gasteiger partial charge in [0.2, 0.25) is 0 Å². The maximum atomic E-state index is 5.56. The van der Waals surface area contributed by atoms with Crippen LogP contribution in [0.4, 0.5) is 0 Å². The first kappa shape index (κ1) is 10.1. The second-order valence-corrected chi connectivity index (χ2v) is 3.16. The van der Waals surface area contributed by atoms with Crippen LogP contribution in [0.25, 0.3) is 0 Å². The van der Waals surface area contributed by atoms with Crippen LogP contribution >= 0.6 is 0 Å². The van der Waals surface area contributed by atoms with Gasteiger partial charge < -0.3 is 5.73 Å². The monoisotopic (exact) mass is 179 g/mol. The minimum absolute atomic E-state index is 0.518. The van der Waals surface area contributed by atoms with E-state index in [0.717, 1.165) is 12.1 Å². The molecule has 0 amide bonds. The smallest absolute Gasteiger partial charge is 0.115 e. The van der Waals surface area contributed by atoms with Crippen LogP contribution in [0, 0.1) is 0 Å². The Morgan fingerprint density at radius 2 is 2.23 bits per heavy atom. The Morgan fingerprint density at radius 3 is 2.92 bits per heavy atom. The van der Waals surface area contributed by atoms with Gasteiger partial charge in [0.05, 0.1) is 5.69 Å². The predicted molar refractivity (Wildman–Crippen MR) is 53.2 cm³/mol. The molecule has 0 radical (unpaired) electrons. The first-order valence-corrected chi connectivity index (χ1v) is 4.86. The molecular formula is C10H17N3. The van der Waals surface area contributed by atoms with Crippen molar-refractivity contribution in [3.05, 3.63) is 23.8 Å². The summed E-state index contributed by atoms with van der Waals surface area (Å²) >= 11 is 0. The third-order valence-electron chi connectivity index (χ3n) is 2.12. The second-order valence-electron chi connectivity index (χ2n) is 3.16. The zero-order chi connectivity index (χ0) is 9.52. The summed E-state index contributed by atoms with van der Waals surface area (Å²) in [6.45, 7) is 2.72. The largest absolute Gasteiger partial charge is 0.325 e. The van der Waals surface area contributed by atoms with Gasteiger partial charge in [-0.1, -0.05) is 19.8 Å². The van der Waals surface area contributed by atoms with Gasteiger partial charge in [0.1, 0.15) is 6.33 Å². The van der Waals surface area contributed by atoms with Gasteiger partial charge in [-0.3, -0.25) is 0 Å². The number of nitrogens with two attached hydrogens (primary N) is 1. The molecule has 0 saturated heterocycles. The van der Waals surface area contributed by atoms with E-state index in [1.165, 1.54) is 24.8 Å². The zero-order valence-corrected chi connectivity index (χ0v) is 8.16. The van der Waals surface area contributed by atoms with E-state index in [4.69, 9.17) is 5.73 Å². The highest BCUT2D eigenvalue weighted by atomic mass is 14.8. The molecule has 0 spiro atoms. The highest BCUT2D eigenvalue weighted by Crippen LogP contribution is 2.08. The molecule has 3 nitrogen and oxygen atoms in total.